The number of methoxy groups -OCH3 is 1. The quantitative estimate of drug-likeness (QED) is 0.817. The zero-order valence-electron chi connectivity index (χ0n) is 15.9. The third-order valence-corrected chi connectivity index (χ3v) is 4.17. The molecule has 0 bridgehead atoms. The van der Waals surface area contributed by atoms with Crippen molar-refractivity contribution in [2.45, 2.75) is 0 Å². The number of urea groups is 1. The molecule has 1 atom stereocenters. The summed E-state index contributed by atoms with van der Waals surface area (Å²) >= 11 is 0. The van der Waals surface area contributed by atoms with Crippen LogP contribution in [0.4, 0.5) is 10.5 Å². The standard InChI is InChI=1S/C18H28N4O4/c1-19-17(23)15-9-14(5-6-16(15)25-4)20-18(24)22-7-8-26-12-13(11-22)10-21(2)3/h5-6,9,13H,7-8,10-12H2,1-4H3,(H,19,23)(H,20,24). The van der Waals surface area contributed by atoms with Gasteiger partial charge in [0.2, 0.25) is 0 Å². The minimum Gasteiger partial charge on any atom is -0.496 e. The van der Waals surface area contributed by atoms with Crippen molar-refractivity contribution in [3.05, 3.63) is 23.8 Å². The number of ether oxygens (including phenoxy) is 2. The maximum atomic E-state index is 12.7. The summed E-state index contributed by atoms with van der Waals surface area (Å²) in [4.78, 5) is 28.5. The largest absolute Gasteiger partial charge is 0.496 e. The van der Waals surface area contributed by atoms with Crippen molar-refractivity contribution in [3.8, 4) is 5.75 Å². The molecule has 2 N–H and O–H groups in total. The number of benzene rings is 1. The Morgan fingerprint density at radius 1 is 1.38 bits per heavy atom. The number of carbonyl (C=O) groups is 2. The summed E-state index contributed by atoms with van der Waals surface area (Å²) in [6.45, 7) is 3.18. The molecule has 1 saturated heterocycles. The van der Waals surface area contributed by atoms with Crippen LogP contribution in [-0.4, -0.2) is 82.8 Å². The van der Waals surface area contributed by atoms with Crippen LogP contribution in [0.2, 0.25) is 0 Å². The maximum absolute atomic E-state index is 12.7. The normalized spacial score (nSPS) is 17.6. The van der Waals surface area contributed by atoms with Crippen molar-refractivity contribution in [2.75, 3.05) is 66.4 Å². The Hall–Kier alpha value is -2.32. The smallest absolute Gasteiger partial charge is 0.321 e. The van der Waals surface area contributed by atoms with Crippen LogP contribution >= 0.6 is 0 Å². The molecule has 1 unspecified atom stereocenters. The number of carbonyl (C=O) groups excluding carboxylic acids is 2. The van der Waals surface area contributed by atoms with Crippen LogP contribution in [0.1, 0.15) is 10.4 Å². The van der Waals surface area contributed by atoms with E-state index in [1.807, 2.05) is 14.1 Å². The van der Waals surface area contributed by atoms with E-state index in [0.29, 0.717) is 43.3 Å². The van der Waals surface area contributed by atoms with Crippen LogP contribution in [-0.2, 0) is 4.74 Å². The SMILES string of the molecule is CNC(=O)c1cc(NC(=O)N2CCOCC(CN(C)C)C2)ccc1OC. The van der Waals surface area contributed by atoms with E-state index in [-0.39, 0.29) is 17.9 Å². The minimum atomic E-state index is -0.271. The number of rotatable bonds is 5. The van der Waals surface area contributed by atoms with Gasteiger partial charge >= 0.3 is 6.03 Å². The van der Waals surface area contributed by atoms with Gasteiger partial charge in [-0.15, -0.1) is 0 Å². The maximum Gasteiger partial charge on any atom is 0.321 e. The fourth-order valence-electron chi connectivity index (χ4n) is 2.99. The molecular weight excluding hydrogens is 336 g/mol. The summed E-state index contributed by atoms with van der Waals surface area (Å²) in [7, 11) is 7.07. The lowest BCUT2D eigenvalue weighted by molar-refractivity contribution is 0.0960. The Kier molecular flexibility index (Phi) is 7.23. The molecule has 0 radical (unpaired) electrons. The highest BCUT2D eigenvalue weighted by molar-refractivity contribution is 5.99. The topological polar surface area (TPSA) is 83.1 Å². The van der Waals surface area contributed by atoms with Gasteiger partial charge < -0.3 is 29.9 Å². The Balaban J connectivity index is 2.09. The average Bonchev–Trinajstić information content (AvgIpc) is 2.86. The zero-order chi connectivity index (χ0) is 19.1. The number of amides is 3. The van der Waals surface area contributed by atoms with E-state index >= 15 is 0 Å². The Bertz CT molecular complexity index is 636. The first-order valence-electron chi connectivity index (χ1n) is 8.63. The van der Waals surface area contributed by atoms with Gasteiger partial charge in [0, 0.05) is 38.3 Å². The fourth-order valence-corrected chi connectivity index (χ4v) is 2.99. The van der Waals surface area contributed by atoms with Gasteiger partial charge in [-0.3, -0.25) is 4.79 Å². The lowest BCUT2D eigenvalue weighted by atomic mass is 10.1. The van der Waals surface area contributed by atoms with Crippen LogP contribution in [0.5, 0.6) is 5.75 Å². The summed E-state index contributed by atoms with van der Waals surface area (Å²) in [5.74, 6) is 0.444. The molecule has 8 heteroatoms. The highest BCUT2D eigenvalue weighted by Gasteiger charge is 2.23. The number of nitrogens with zero attached hydrogens (tertiary/aromatic N) is 2. The van der Waals surface area contributed by atoms with E-state index in [2.05, 4.69) is 15.5 Å². The second-order valence-electron chi connectivity index (χ2n) is 6.57. The molecule has 144 valence electrons. The third kappa shape index (κ3) is 5.34. The number of hydrogen-bond acceptors (Lipinski definition) is 5. The molecule has 8 nitrogen and oxygen atoms in total. The number of hydrogen-bond donors (Lipinski definition) is 2. The van der Waals surface area contributed by atoms with E-state index in [0.717, 1.165) is 6.54 Å². The van der Waals surface area contributed by atoms with Gasteiger partial charge in [0.15, 0.2) is 0 Å². The summed E-state index contributed by atoms with van der Waals surface area (Å²) in [5.41, 5.74) is 0.918. The first-order chi connectivity index (χ1) is 12.4. The molecule has 1 heterocycles. The predicted molar refractivity (Wildman–Crippen MR) is 99.8 cm³/mol. The van der Waals surface area contributed by atoms with Gasteiger partial charge in [-0.1, -0.05) is 0 Å². The monoisotopic (exact) mass is 364 g/mol. The third-order valence-electron chi connectivity index (χ3n) is 4.17. The van der Waals surface area contributed by atoms with Crippen LogP contribution in [0.15, 0.2) is 18.2 Å². The fraction of sp³-hybridized carbons (Fsp3) is 0.556. The Morgan fingerprint density at radius 2 is 2.15 bits per heavy atom. The van der Waals surface area contributed by atoms with Gasteiger partial charge in [-0.2, -0.15) is 0 Å². The van der Waals surface area contributed by atoms with Gasteiger partial charge in [0.25, 0.3) is 5.91 Å². The van der Waals surface area contributed by atoms with Crippen molar-refractivity contribution in [1.82, 2.24) is 15.1 Å². The molecule has 26 heavy (non-hydrogen) atoms. The Labute approximate surface area is 154 Å². The predicted octanol–water partition coefficient (Wildman–Crippen LogP) is 1.10. The Morgan fingerprint density at radius 3 is 2.81 bits per heavy atom. The van der Waals surface area contributed by atoms with Gasteiger partial charge in [-0.25, -0.2) is 4.79 Å². The summed E-state index contributed by atoms with van der Waals surface area (Å²) < 4.78 is 10.8. The number of nitrogens with one attached hydrogen (secondary N) is 2. The van der Waals surface area contributed by atoms with Gasteiger partial charge in [0.05, 0.1) is 25.9 Å². The molecule has 3 amide bonds. The molecule has 2 rings (SSSR count). The van der Waals surface area contributed by atoms with Crippen molar-refractivity contribution < 1.29 is 19.1 Å². The van der Waals surface area contributed by atoms with Crippen molar-refractivity contribution in [1.29, 1.82) is 0 Å². The van der Waals surface area contributed by atoms with Gasteiger partial charge in [-0.05, 0) is 32.3 Å². The summed E-state index contributed by atoms with van der Waals surface area (Å²) in [6.07, 6.45) is 0. The zero-order valence-corrected chi connectivity index (χ0v) is 15.9. The molecule has 1 fully saturated rings. The van der Waals surface area contributed by atoms with Crippen molar-refractivity contribution in [2.24, 2.45) is 5.92 Å². The molecule has 0 saturated carbocycles. The molecule has 1 aliphatic heterocycles. The lowest BCUT2D eigenvalue weighted by Crippen LogP contribution is -2.41. The lowest BCUT2D eigenvalue weighted by Gasteiger charge is -2.25. The molecular formula is C18H28N4O4. The molecule has 1 aromatic rings. The highest BCUT2D eigenvalue weighted by Crippen LogP contribution is 2.23. The molecule has 0 spiro atoms. The van der Waals surface area contributed by atoms with Crippen LogP contribution < -0.4 is 15.4 Å². The summed E-state index contributed by atoms with van der Waals surface area (Å²) in [5, 5.41) is 5.44. The van der Waals surface area contributed by atoms with E-state index < -0.39 is 0 Å². The number of anilines is 1. The van der Waals surface area contributed by atoms with Gasteiger partial charge in [0.1, 0.15) is 5.75 Å². The molecule has 0 aliphatic carbocycles. The van der Waals surface area contributed by atoms with Crippen LogP contribution in [0, 0.1) is 5.92 Å². The van der Waals surface area contributed by atoms with Crippen molar-refractivity contribution in [3.63, 3.8) is 0 Å². The first kappa shape index (κ1) is 20.0. The second-order valence-corrected chi connectivity index (χ2v) is 6.57. The van der Waals surface area contributed by atoms with Crippen molar-refractivity contribution >= 4 is 17.6 Å². The molecule has 1 aliphatic rings. The highest BCUT2D eigenvalue weighted by atomic mass is 16.5. The van der Waals surface area contributed by atoms with E-state index in [1.165, 1.54) is 7.11 Å². The molecule has 1 aromatic carbocycles. The van der Waals surface area contributed by atoms with E-state index in [1.54, 1.807) is 30.1 Å². The van der Waals surface area contributed by atoms with Crippen LogP contribution in [0.25, 0.3) is 0 Å². The second kappa shape index (κ2) is 9.40. The average molecular weight is 364 g/mol. The minimum absolute atomic E-state index is 0.202. The first-order valence-corrected chi connectivity index (χ1v) is 8.63. The van der Waals surface area contributed by atoms with E-state index in [9.17, 15) is 9.59 Å². The molecule has 0 aromatic heterocycles. The van der Waals surface area contributed by atoms with E-state index in [4.69, 9.17) is 9.47 Å². The van der Waals surface area contributed by atoms with Crippen LogP contribution in [0.3, 0.4) is 0 Å². The summed E-state index contributed by atoms with van der Waals surface area (Å²) in [6, 6.07) is 4.79.